The second-order valence-corrected chi connectivity index (χ2v) is 6.49. The van der Waals surface area contributed by atoms with E-state index in [1.165, 1.54) is 31.2 Å². The van der Waals surface area contributed by atoms with E-state index in [2.05, 4.69) is 5.32 Å². The van der Waals surface area contributed by atoms with Gasteiger partial charge in [-0.3, -0.25) is 15.0 Å². The largest absolute Gasteiger partial charge is 0.480 e. The van der Waals surface area contributed by atoms with Crippen LogP contribution in [-0.4, -0.2) is 43.9 Å². The van der Waals surface area contributed by atoms with E-state index in [4.69, 9.17) is 10.9 Å². The summed E-state index contributed by atoms with van der Waals surface area (Å²) in [5, 5.41) is 11.5. The zero-order chi connectivity index (χ0) is 18.3. The number of hydrogen-bond acceptors (Lipinski definition) is 6. The summed E-state index contributed by atoms with van der Waals surface area (Å²) in [6.07, 6.45) is 0.501. The van der Waals surface area contributed by atoms with Gasteiger partial charge in [-0.05, 0) is 24.1 Å². The van der Waals surface area contributed by atoms with Crippen molar-refractivity contribution in [1.82, 2.24) is 15.5 Å². The normalized spacial score (nSPS) is 12.2. The molecule has 1 aromatic rings. The topological polar surface area (TPSA) is 168 Å². The van der Waals surface area contributed by atoms with Crippen LogP contribution in [0.25, 0.3) is 0 Å². The minimum Gasteiger partial charge on any atom is -0.480 e. The molecule has 2 amide bonds. The quantitative estimate of drug-likeness (QED) is 0.156. The summed E-state index contributed by atoms with van der Waals surface area (Å²) < 4.78 is 26.0. The SMILES string of the molecule is CC(=O)NCCc1ccc(S(=O)(=O)N[C@@H](C(=O)O)C(=O)NN)cc1. The van der Waals surface area contributed by atoms with E-state index in [1.807, 2.05) is 0 Å². The zero-order valence-corrected chi connectivity index (χ0v) is 13.6. The predicted molar refractivity (Wildman–Crippen MR) is 82.9 cm³/mol. The van der Waals surface area contributed by atoms with Crippen molar-refractivity contribution in [3.05, 3.63) is 29.8 Å². The highest BCUT2D eigenvalue weighted by Gasteiger charge is 2.31. The smallest absolute Gasteiger partial charge is 0.331 e. The number of benzene rings is 1. The van der Waals surface area contributed by atoms with Gasteiger partial charge in [-0.15, -0.1) is 0 Å². The molecule has 0 saturated heterocycles. The molecule has 0 radical (unpaired) electrons. The van der Waals surface area contributed by atoms with E-state index in [0.29, 0.717) is 13.0 Å². The Morgan fingerprint density at radius 1 is 1.21 bits per heavy atom. The first-order valence-corrected chi connectivity index (χ1v) is 8.24. The lowest BCUT2D eigenvalue weighted by Gasteiger charge is -2.13. The summed E-state index contributed by atoms with van der Waals surface area (Å²) in [6, 6.07) is 3.54. The standard InChI is InChI=1S/C13H18N4O6S/c1-8(18)15-7-6-9-2-4-10(5-3-9)24(22,23)17-11(13(20)21)12(19)16-14/h2-5,11,17H,6-7,14H2,1H3,(H,15,18)(H,16,19)(H,20,21)/t11-/m1/s1. The number of hydrogen-bond donors (Lipinski definition) is 5. The monoisotopic (exact) mass is 358 g/mol. The lowest BCUT2D eigenvalue weighted by Crippen LogP contribution is -2.53. The molecule has 0 unspecified atom stereocenters. The van der Waals surface area contributed by atoms with Gasteiger partial charge in [-0.1, -0.05) is 12.1 Å². The number of hydrazine groups is 1. The lowest BCUT2D eigenvalue weighted by atomic mass is 10.1. The molecule has 6 N–H and O–H groups in total. The van der Waals surface area contributed by atoms with Gasteiger partial charge in [0.2, 0.25) is 15.9 Å². The molecule has 0 heterocycles. The number of carbonyl (C=O) groups is 3. The first-order valence-electron chi connectivity index (χ1n) is 6.76. The summed E-state index contributed by atoms with van der Waals surface area (Å²) in [5.41, 5.74) is 2.36. The van der Waals surface area contributed by atoms with Crippen molar-refractivity contribution in [2.45, 2.75) is 24.3 Å². The molecule has 10 nitrogen and oxygen atoms in total. The first kappa shape index (κ1) is 19.5. The highest BCUT2D eigenvalue weighted by molar-refractivity contribution is 7.89. The molecule has 0 aromatic heterocycles. The van der Waals surface area contributed by atoms with Gasteiger partial charge in [0.15, 0.2) is 6.04 Å². The molecule has 0 aliphatic carbocycles. The molecule has 0 aliphatic heterocycles. The Bertz CT molecular complexity index is 716. The average molecular weight is 358 g/mol. The molecular formula is C13H18N4O6S. The van der Waals surface area contributed by atoms with E-state index in [-0.39, 0.29) is 10.8 Å². The number of rotatable bonds is 8. The molecule has 24 heavy (non-hydrogen) atoms. The van der Waals surface area contributed by atoms with Gasteiger partial charge < -0.3 is 10.4 Å². The van der Waals surface area contributed by atoms with Crippen molar-refractivity contribution in [2.24, 2.45) is 5.84 Å². The summed E-state index contributed by atoms with van der Waals surface area (Å²) in [6.45, 7) is 1.79. The van der Waals surface area contributed by atoms with Gasteiger partial charge in [0.1, 0.15) is 0 Å². The molecule has 0 saturated carbocycles. The lowest BCUT2D eigenvalue weighted by molar-refractivity contribution is -0.143. The first-order chi connectivity index (χ1) is 11.2. The van der Waals surface area contributed by atoms with Crippen molar-refractivity contribution in [1.29, 1.82) is 0 Å². The molecule has 0 bridgehead atoms. The summed E-state index contributed by atoms with van der Waals surface area (Å²) >= 11 is 0. The minimum absolute atomic E-state index is 0.170. The van der Waals surface area contributed by atoms with Crippen molar-refractivity contribution in [3.63, 3.8) is 0 Å². The number of carboxylic acid groups (broad SMARTS) is 1. The average Bonchev–Trinajstić information content (AvgIpc) is 2.52. The molecule has 1 atom stereocenters. The van der Waals surface area contributed by atoms with Gasteiger partial charge in [0.05, 0.1) is 4.90 Å². The van der Waals surface area contributed by atoms with Gasteiger partial charge in [0, 0.05) is 13.5 Å². The van der Waals surface area contributed by atoms with Gasteiger partial charge in [0.25, 0.3) is 5.91 Å². The maximum atomic E-state index is 12.1. The number of aliphatic carboxylic acids is 1. The van der Waals surface area contributed by atoms with Gasteiger partial charge >= 0.3 is 5.97 Å². The Morgan fingerprint density at radius 2 is 1.79 bits per heavy atom. The molecule has 11 heteroatoms. The van der Waals surface area contributed by atoms with E-state index in [9.17, 15) is 22.8 Å². The highest BCUT2D eigenvalue weighted by Crippen LogP contribution is 2.11. The Hall–Kier alpha value is -2.50. The van der Waals surface area contributed by atoms with Crippen LogP contribution >= 0.6 is 0 Å². The Kier molecular flexibility index (Phi) is 6.82. The molecule has 0 fully saturated rings. The van der Waals surface area contributed by atoms with E-state index in [1.54, 1.807) is 10.1 Å². The summed E-state index contributed by atoms with van der Waals surface area (Å²) in [4.78, 5) is 32.8. The van der Waals surface area contributed by atoms with E-state index >= 15 is 0 Å². The van der Waals surface area contributed by atoms with Crippen molar-refractivity contribution in [3.8, 4) is 0 Å². The summed E-state index contributed by atoms with van der Waals surface area (Å²) in [7, 11) is -4.23. The van der Waals surface area contributed by atoms with E-state index in [0.717, 1.165) is 5.56 Å². The molecule has 132 valence electrons. The number of sulfonamides is 1. The Morgan fingerprint density at radius 3 is 2.25 bits per heavy atom. The van der Waals surface area contributed by atoms with Crippen LogP contribution < -0.4 is 21.3 Å². The third kappa shape index (κ3) is 5.61. The molecule has 0 spiro atoms. The van der Waals surface area contributed by atoms with Crippen LogP contribution in [-0.2, 0) is 30.8 Å². The van der Waals surface area contributed by atoms with Crippen LogP contribution in [0.2, 0.25) is 0 Å². The van der Waals surface area contributed by atoms with Crippen LogP contribution in [0.15, 0.2) is 29.2 Å². The maximum absolute atomic E-state index is 12.1. The minimum atomic E-state index is -4.23. The van der Waals surface area contributed by atoms with Crippen LogP contribution in [0.4, 0.5) is 0 Å². The predicted octanol–water partition coefficient (Wildman–Crippen LogP) is -1.91. The molecule has 0 aliphatic rings. The Balaban J connectivity index is 2.85. The van der Waals surface area contributed by atoms with Crippen molar-refractivity contribution < 1.29 is 27.9 Å². The highest BCUT2D eigenvalue weighted by atomic mass is 32.2. The van der Waals surface area contributed by atoms with Crippen LogP contribution in [0.1, 0.15) is 12.5 Å². The molecular weight excluding hydrogens is 340 g/mol. The Labute approximate surface area is 138 Å². The molecule has 1 rings (SSSR count). The summed E-state index contributed by atoms with van der Waals surface area (Å²) in [5.74, 6) is 1.78. The fourth-order valence-electron chi connectivity index (χ4n) is 1.74. The third-order valence-electron chi connectivity index (χ3n) is 2.95. The number of nitrogens with two attached hydrogens (primary N) is 1. The zero-order valence-electron chi connectivity index (χ0n) is 12.8. The van der Waals surface area contributed by atoms with Crippen LogP contribution in [0.5, 0.6) is 0 Å². The van der Waals surface area contributed by atoms with Crippen LogP contribution in [0, 0.1) is 0 Å². The van der Waals surface area contributed by atoms with Crippen molar-refractivity contribution >= 4 is 27.8 Å². The third-order valence-corrected chi connectivity index (χ3v) is 4.38. The fourth-order valence-corrected chi connectivity index (χ4v) is 2.89. The second-order valence-electron chi connectivity index (χ2n) is 4.78. The number of carbonyl (C=O) groups excluding carboxylic acids is 2. The van der Waals surface area contributed by atoms with Crippen LogP contribution in [0.3, 0.4) is 0 Å². The fraction of sp³-hybridized carbons (Fsp3) is 0.308. The number of carboxylic acids is 1. The number of amides is 2. The second kappa shape index (κ2) is 8.38. The van der Waals surface area contributed by atoms with Gasteiger partial charge in [-0.25, -0.2) is 19.1 Å². The number of nitrogens with one attached hydrogen (secondary N) is 3. The maximum Gasteiger partial charge on any atom is 0.331 e. The molecule has 1 aromatic carbocycles. The van der Waals surface area contributed by atoms with Crippen molar-refractivity contribution in [2.75, 3.05) is 6.54 Å². The van der Waals surface area contributed by atoms with E-state index < -0.39 is 27.9 Å². The van der Waals surface area contributed by atoms with Gasteiger partial charge in [-0.2, -0.15) is 4.72 Å².